The van der Waals surface area contributed by atoms with Crippen molar-refractivity contribution in [3.8, 4) is 0 Å². The van der Waals surface area contributed by atoms with E-state index in [0.29, 0.717) is 10.7 Å². The van der Waals surface area contributed by atoms with E-state index in [2.05, 4.69) is 15.5 Å². The molecule has 5 nitrogen and oxygen atoms in total. The average molecular weight is 459 g/mol. The standard InChI is InChI=1S/C18H14ClF3N4OS2/c1-26-16(18(20,21)22)24-25-17(26)28-10-15(27)23-13-4-2-3-5-14(13)29-12-8-6-11(19)7-9-12/h2-9H,10H2,1H3,(H,23,27). The zero-order chi connectivity index (χ0) is 21.0. The van der Waals surface area contributed by atoms with Crippen LogP contribution in [-0.2, 0) is 18.0 Å². The molecule has 0 radical (unpaired) electrons. The van der Waals surface area contributed by atoms with Crippen molar-refractivity contribution >= 4 is 46.7 Å². The number of para-hydroxylation sites is 1. The second-order valence-electron chi connectivity index (χ2n) is 5.75. The molecule has 3 aromatic rings. The van der Waals surface area contributed by atoms with Crippen LogP contribution >= 0.6 is 35.1 Å². The fraction of sp³-hybridized carbons (Fsp3) is 0.167. The molecule has 0 aliphatic carbocycles. The lowest BCUT2D eigenvalue weighted by atomic mass is 10.3. The molecule has 0 spiro atoms. The van der Waals surface area contributed by atoms with Gasteiger partial charge in [-0.2, -0.15) is 13.2 Å². The Morgan fingerprint density at radius 1 is 1.14 bits per heavy atom. The van der Waals surface area contributed by atoms with Gasteiger partial charge in [0.1, 0.15) is 0 Å². The molecular formula is C18H14ClF3N4OS2. The van der Waals surface area contributed by atoms with Gasteiger partial charge in [-0.15, -0.1) is 10.2 Å². The Kier molecular flexibility index (Phi) is 6.76. The summed E-state index contributed by atoms with van der Waals surface area (Å²) in [6.07, 6.45) is -4.60. The topological polar surface area (TPSA) is 59.8 Å². The minimum Gasteiger partial charge on any atom is -0.324 e. The lowest BCUT2D eigenvalue weighted by molar-refractivity contribution is -0.147. The third-order valence-electron chi connectivity index (χ3n) is 3.62. The first kappa shape index (κ1) is 21.5. The molecule has 0 saturated heterocycles. The fourth-order valence-electron chi connectivity index (χ4n) is 2.29. The van der Waals surface area contributed by atoms with Crippen molar-refractivity contribution in [1.29, 1.82) is 0 Å². The second-order valence-corrected chi connectivity index (χ2v) is 8.25. The molecule has 3 rings (SSSR count). The van der Waals surface area contributed by atoms with Crippen molar-refractivity contribution in [1.82, 2.24) is 14.8 Å². The Balaban J connectivity index is 1.64. The van der Waals surface area contributed by atoms with Gasteiger partial charge in [0.25, 0.3) is 0 Å². The lowest BCUT2D eigenvalue weighted by Gasteiger charge is -2.11. The predicted octanol–water partition coefficient (Wildman–Crippen LogP) is 5.37. The quantitative estimate of drug-likeness (QED) is 0.503. The Bertz CT molecular complexity index is 1010. The van der Waals surface area contributed by atoms with Gasteiger partial charge in [-0.25, -0.2) is 0 Å². The Hall–Kier alpha value is -2.17. The third kappa shape index (κ3) is 5.68. The number of carbonyl (C=O) groups is 1. The number of nitrogens with one attached hydrogen (secondary N) is 1. The van der Waals surface area contributed by atoms with Crippen LogP contribution in [0, 0.1) is 0 Å². The molecule has 2 aromatic carbocycles. The highest BCUT2D eigenvalue weighted by molar-refractivity contribution is 8.00. The first-order valence-corrected chi connectivity index (χ1v) is 10.3. The molecule has 0 bridgehead atoms. The molecule has 152 valence electrons. The molecule has 0 fully saturated rings. The number of carbonyl (C=O) groups excluding carboxylic acids is 1. The van der Waals surface area contributed by atoms with Gasteiger partial charge in [0.05, 0.1) is 11.4 Å². The van der Waals surface area contributed by atoms with Crippen LogP contribution in [0.4, 0.5) is 18.9 Å². The van der Waals surface area contributed by atoms with E-state index >= 15 is 0 Å². The van der Waals surface area contributed by atoms with Crippen LogP contribution in [-0.4, -0.2) is 26.4 Å². The van der Waals surface area contributed by atoms with Crippen molar-refractivity contribution in [2.75, 3.05) is 11.1 Å². The Labute approximate surface area is 178 Å². The zero-order valence-corrected chi connectivity index (χ0v) is 17.3. The fourth-order valence-corrected chi connectivity index (χ4v) is 4.03. The van der Waals surface area contributed by atoms with E-state index in [4.69, 9.17) is 11.6 Å². The molecule has 0 unspecified atom stereocenters. The number of hydrogen-bond donors (Lipinski definition) is 1. The summed E-state index contributed by atoms with van der Waals surface area (Å²) in [7, 11) is 1.21. The summed E-state index contributed by atoms with van der Waals surface area (Å²) in [5, 5.41) is 10.1. The average Bonchev–Trinajstić information content (AvgIpc) is 3.04. The minimum atomic E-state index is -4.60. The van der Waals surface area contributed by atoms with Crippen molar-refractivity contribution in [3.63, 3.8) is 0 Å². The first-order valence-electron chi connectivity index (χ1n) is 8.16. The molecule has 0 aliphatic heterocycles. The van der Waals surface area contributed by atoms with Gasteiger partial charge >= 0.3 is 6.18 Å². The summed E-state index contributed by atoms with van der Waals surface area (Å²) in [5.74, 6) is -1.58. The summed E-state index contributed by atoms with van der Waals surface area (Å²) < 4.78 is 39.1. The van der Waals surface area contributed by atoms with Crippen molar-refractivity contribution in [2.45, 2.75) is 21.1 Å². The largest absolute Gasteiger partial charge is 0.451 e. The number of hydrogen-bond acceptors (Lipinski definition) is 5. The zero-order valence-electron chi connectivity index (χ0n) is 14.9. The van der Waals surface area contributed by atoms with Crippen molar-refractivity contribution in [2.24, 2.45) is 7.05 Å². The third-order valence-corrected chi connectivity index (χ3v) is 5.98. The predicted molar refractivity (Wildman–Crippen MR) is 107 cm³/mol. The summed E-state index contributed by atoms with van der Waals surface area (Å²) in [4.78, 5) is 14.1. The molecule has 1 N–H and O–H groups in total. The Morgan fingerprint density at radius 3 is 2.48 bits per heavy atom. The molecule has 0 atom stereocenters. The first-order chi connectivity index (χ1) is 13.7. The number of benzene rings is 2. The van der Waals surface area contributed by atoms with Gasteiger partial charge in [0.2, 0.25) is 11.7 Å². The molecule has 29 heavy (non-hydrogen) atoms. The number of anilines is 1. The monoisotopic (exact) mass is 458 g/mol. The van der Waals surface area contributed by atoms with E-state index in [1.54, 1.807) is 24.3 Å². The summed E-state index contributed by atoms with van der Waals surface area (Å²) in [6.45, 7) is 0. The van der Waals surface area contributed by atoms with Crippen LogP contribution in [0.15, 0.2) is 63.5 Å². The van der Waals surface area contributed by atoms with Crippen LogP contribution in [0.1, 0.15) is 5.82 Å². The van der Waals surface area contributed by atoms with Gasteiger partial charge in [-0.3, -0.25) is 4.79 Å². The highest BCUT2D eigenvalue weighted by Gasteiger charge is 2.37. The number of amides is 1. The summed E-state index contributed by atoms with van der Waals surface area (Å²) in [6, 6.07) is 14.5. The van der Waals surface area contributed by atoms with Crippen molar-refractivity contribution in [3.05, 3.63) is 59.4 Å². The maximum absolute atomic E-state index is 12.8. The summed E-state index contributed by atoms with van der Waals surface area (Å²) >= 11 is 8.23. The van der Waals surface area contributed by atoms with Gasteiger partial charge in [-0.05, 0) is 36.4 Å². The van der Waals surface area contributed by atoms with E-state index in [1.807, 2.05) is 24.3 Å². The normalized spacial score (nSPS) is 11.5. The molecule has 1 aromatic heterocycles. The number of nitrogens with zero attached hydrogens (tertiary/aromatic N) is 3. The highest BCUT2D eigenvalue weighted by Crippen LogP contribution is 2.34. The van der Waals surface area contributed by atoms with Crippen molar-refractivity contribution < 1.29 is 18.0 Å². The number of rotatable bonds is 6. The van der Waals surface area contributed by atoms with Crippen LogP contribution in [0.3, 0.4) is 0 Å². The maximum atomic E-state index is 12.8. The van der Waals surface area contributed by atoms with E-state index in [1.165, 1.54) is 18.8 Å². The van der Waals surface area contributed by atoms with Crippen LogP contribution < -0.4 is 5.32 Å². The molecule has 11 heteroatoms. The molecule has 0 saturated carbocycles. The molecule has 1 amide bonds. The maximum Gasteiger partial charge on any atom is 0.451 e. The SMILES string of the molecule is Cn1c(SCC(=O)Nc2ccccc2Sc2ccc(Cl)cc2)nnc1C(F)(F)F. The second kappa shape index (κ2) is 9.10. The van der Waals surface area contributed by atoms with Crippen LogP contribution in [0.2, 0.25) is 5.02 Å². The van der Waals surface area contributed by atoms with Crippen LogP contribution in [0.25, 0.3) is 0 Å². The molecule has 1 heterocycles. The molecular weight excluding hydrogens is 445 g/mol. The van der Waals surface area contributed by atoms with E-state index in [-0.39, 0.29) is 16.8 Å². The van der Waals surface area contributed by atoms with E-state index in [9.17, 15) is 18.0 Å². The lowest BCUT2D eigenvalue weighted by Crippen LogP contribution is -2.16. The van der Waals surface area contributed by atoms with Gasteiger partial charge < -0.3 is 9.88 Å². The minimum absolute atomic E-state index is 0.0105. The number of halogens is 4. The van der Waals surface area contributed by atoms with Gasteiger partial charge in [-0.1, -0.05) is 47.3 Å². The van der Waals surface area contributed by atoms with E-state index in [0.717, 1.165) is 26.1 Å². The smallest absolute Gasteiger partial charge is 0.324 e. The number of thioether (sulfide) groups is 1. The number of aromatic nitrogens is 3. The Morgan fingerprint density at radius 2 is 1.83 bits per heavy atom. The van der Waals surface area contributed by atoms with E-state index < -0.39 is 12.0 Å². The highest BCUT2D eigenvalue weighted by atomic mass is 35.5. The number of alkyl halides is 3. The van der Waals surface area contributed by atoms with Gasteiger partial charge in [0, 0.05) is 21.9 Å². The molecule has 0 aliphatic rings. The summed E-state index contributed by atoms with van der Waals surface area (Å²) in [5.41, 5.74) is 0.604. The van der Waals surface area contributed by atoms with Crippen LogP contribution in [0.5, 0.6) is 0 Å². The van der Waals surface area contributed by atoms with Gasteiger partial charge in [0.15, 0.2) is 5.16 Å².